The molecule has 0 bridgehead atoms. The van der Waals surface area contributed by atoms with Gasteiger partial charge in [0, 0.05) is 0 Å². The van der Waals surface area contributed by atoms with Crippen LogP contribution in [0.1, 0.15) is 50.4 Å². The third-order valence-corrected chi connectivity index (χ3v) is 4.47. The van der Waals surface area contributed by atoms with Crippen molar-refractivity contribution < 1.29 is 14.3 Å². The molecule has 0 fully saturated rings. The van der Waals surface area contributed by atoms with Gasteiger partial charge in [0.05, 0.1) is 26.7 Å². The molecule has 26 heavy (non-hydrogen) atoms. The molecule has 0 heterocycles. The first-order chi connectivity index (χ1) is 12.2. The summed E-state index contributed by atoms with van der Waals surface area (Å²) in [4.78, 5) is 12.4. The van der Waals surface area contributed by atoms with Crippen molar-refractivity contribution in [2.24, 2.45) is 0 Å². The average Bonchev–Trinajstić information content (AvgIpc) is 2.60. The quantitative estimate of drug-likeness (QED) is 0.834. The predicted octanol–water partition coefficient (Wildman–Crippen LogP) is 4.42. The van der Waals surface area contributed by atoms with Gasteiger partial charge in [-0.2, -0.15) is 0 Å². The number of benzene rings is 2. The van der Waals surface area contributed by atoms with E-state index in [2.05, 4.69) is 50.4 Å². The summed E-state index contributed by atoms with van der Waals surface area (Å²) < 4.78 is 10.5. The van der Waals surface area contributed by atoms with E-state index in [9.17, 15) is 4.79 Å². The van der Waals surface area contributed by atoms with E-state index in [1.807, 2.05) is 25.1 Å². The Hall–Kier alpha value is -2.49. The zero-order valence-corrected chi connectivity index (χ0v) is 16.6. The molecule has 140 valence electrons. The van der Waals surface area contributed by atoms with E-state index in [-0.39, 0.29) is 17.4 Å². The maximum Gasteiger partial charge on any atom is 0.224 e. The number of ether oxygens (including phenoxy) is 2. The Bertz CT molecular complexity index is 745. The summed E-state index contributed by atoms with van der Waals surface area (Å²) in [6, 6.07) is 13.9. The number of hydrogen-bond acceptors (Lipinski definition) is 3. The fourth-order valence-corrected chi connectivity index (χ4v) is 2.82. The Morgan fingerprint density at radius 1 is 1.00 bits per heavy atom. The molecule has 4 heteroatoms. The smallest absolute Gasteiger partial charge is 0.224 e. The van der Waals surface area contributed by atoms with Gasteiger partial charge in [-0.05, 0) is 41.2 Å². The second kappa shape index (κ2) is 8.26. The van der Waals surface area contributed by atoms with Crippen molar-refractivity contribution in [1.82, 2.24) is 5.32 Å². The number of carbonyl (C=O) groups excluding carboxylic acids is 1. The summed E-state index contributed by atoms with van der Waals surface area (Å²) >= 11 is 0. The maximum absolute atomic E-state index is 12.4. The summed E-state index contributed by atoms with van der Waals surface area (Å²) in [6.45, 7) is 8.57. The largest absolute Gasteiger partial charge is 0.493 e. The highest BCUT2D eigenvalue weighted by Gasteiger charge is 2.15. The van der Waals surface area contributed by atoms with Gasteiger partial charge in [-0.25, -0.2) is 0 Å². The van der Waals surface area contributed by atoms with Crippen LogP contribution in [0.3, 0.4) is 0 Å². The van der Waals surface area contributed by atoms with Crippen LogP contribution in [-0.2, 0) is 16.6 Å². The monoisotopic (exact) mass is 355 g/mol. The van der Waals surface area contributed by atoms with Gasteiger partial charge in [-0.3, -0.25) is 4.79 Å². The van der Waals surface area contributed by atoms with Gasteiger partial charge in [0.2, 0.25) is 5.91 Å². The predicted molar refractivity (Wildman–Crippen MR) is 105 cm³/mol. The number of rotatable bonds is 6. The molecule has 0 saturated heterocycles. The van der Waals surface area contributed by atoms with Crippen molar-refractivity contribution >= 4 is 5.91 Å². The molecule has 2 rings (SSSR count). The summed E-state index contributed by atoms with van der Waals surface area (Å²) in [5.41, 5.74) is 3.39. The van der Waals surface area contributed by atoms with Crippen molar-refractivity contribution in [3.63, 3.8) is 0 Å². The number of nitrogens with one attached hydrogen (secondary N) is 1. The van der Waals surface area contributed by atoms with E-state index in [1.54, 1.807) is 14.2 Å². The summed E-state index contributed by atoms with van der Waals surface area (Å²) in [5.74, 6) is 1.26. The molecule has 0 aliphatic heterocycles. The minimum atomic E-state index is -0.0448. The van der Waals surface area contributed by atoms with Crippen LogP contribution in [0.25, 0.3) is 0 Å². The molecule has 1 N–H and O–H groups in total. The Kier molecular flexibility index (Phi) is 6.30. The number of amides is 1. The topological polar surface area (TPSA) is 47.6 Å². The molecule has 2 aromatic rings. The van der Waals surface area contributed by atoms with Crippen LogP contribution in [0, 0.1) is 0 Å². The number of carbonyl (C=O) groups is 1. The van der Waals surface area contributed by atoms with E-state index in [1.165, 1.54) is 5.56 Å². The first-order valence-corrected chi connectivity index (χ1v) is 8.85. The van der Waals surface area contributed by atoms with Gasteiger partial charge in [0.15, 0.2) is 11.5 Å². The third-order valence-electron chi connectivity index (χ3n) is 4.47. The molecule has 1 amide bonds. The Labute approximate surface area is 156 Å². The van der Waals surface area contributed by atoms with Crippen molar-refractivity contribution in [1.29, 1.82) is 0 Å². The highest BCUT2D eigenvalue weighted by atomic mass is 16.5. The Morgan fingerprint density at radius 3 is 2.15 bits per heavy atom. The molecular weight excluding hydrogens is 326 g/mol. The van der Waals surface area contributed by atoms with E-state index in [0.29, 0.717) is 17.9 Å². The number of hydrogen-bond donors (Lipinski definition) is 1. The molecule has 0 spiro atoms. The summed E-state index contributed by atoms with van der Waals surface area (Å²) in [5, 5.41) is 3.06. The maximum atomic E-state index is 12.4. The highest BCUT2D eigenvalue weighted by molar-refractivity contribution is 5.79. The molecule has 0 saturated carbocycles. The zero-order valence-electron chi connectivity index (χ0n) is 16.6. The van der Waals surface area contributed by atoms with E-state index >= 15 is 0 Å². The van der Waals surface area contributed by atoms with Gasteiger partial charge in [-0.1, -0.05) is 51.1 Å². The van der Waals surface area contributed by atoms with Crippen LogP contribution < -0.4 is 14.8 Å². The van der Waals surface area contributed by atoms with Crippen molar-refractivity contribution in [3.8, 4) is 11.5 Å². The molecule has 2 aromatic carbocycles. The first-order valence-electron chi connectivity index (χ1n) is 8.85. The molecule has 0 aliphatic carbocycles. The highest BCUT2D eigenvalue weighted by Crippen LogP contribution is 2.28. The van der Waals surface area contributed by atoms with Crippen LogP contribution in [0.4, 0.5) is 0 Å². The fraction of sp³-hybridized carbons (Fsp3) is 0.409. The van der Waals surface area contributed by atoms with E-state index in [0.717, 1.165) is 11.1 Å². The van der Waals surface area contributed by atoms with Gasteiger partial charge in [0.1, 0.15) is 0 Å². The molecule has 0 aromatic heterocycles. The Balaban J connectivity index is 2.01. The second-order valence-corrected chi connectivity index (χ2v) is 7.53. The van der Waals surface area contributed by atoms with Crippen LogP contribution in [-0.4, -0.2) is 20.1 Å². The average molecular weight is 355 g/mol. The van der Waals surface area contributed by atoms with Crippen molar-refractivity contribution in [3.05, 3.63) is 59.2 Å². The molecular formula is C22H29NO3. The van der Waals surface area contributed by atoms with Gasteiger partial charge in [0.25, 0.3) is 0 Å². The normalized spacial score (nSPS) is 12.4. The molecule has 4 nitrogen and oxygen atoms in total. The van der Waals surface area contributed by atoms with Crippen LogP contribution in [0.15, 0.2) is 42.5 Å². The minimum absolute atomic E-state index is 0.0235. The van der Waals surface area contributed by atoms with Crippen LogP contribution >= 0.6 is 0 Å². The number of methoxy groups -OCH3 is 2. The third kappa shape index (κ3) is 5.01. The fourth-order valence-electron chi connectivity index (χ4n) is 2.82. The lowest BCUT2D eigenvalue weighted by Gasteiger charge is -2.21. The molecule has 0 aliphatic rings. The van der Waals surface area contributed by atoms with Gasteiger partial charge >= 0.3 is 0 Å². The van der Waals surface area contributed by atoms with Gasteiger partial charge in [-0.15, -0.1) is 0 Å². The van der Waals surface area contributed by atoms with E-state index in [4.69, 9.17) is 9.47 Å². The lowest BCUT2D eigenvalue weighted by atomic mass is 9.86. The zero-order chi connectivity index (χ0) is 19.3. The summed E-state index contributed by atoms with van der Waals surface area (Å²) in [7, 11) is 3.18. The van der Waals surface area contributed by atoms with Crippen LogP contribution in [0.2, 0.25) is 0 Å². The van der Waals surface area contributed by atoms with Crippen molar-refractivity contribution in [2.45, 2.75) is 45.6 Å². The van der Waals surface area contributed by atoms with E-state index < -0.39 is 0 Å². The second-order valence-electron chi connectivity index (χ2n) is 7.53. The lowest BCUT2D eigenvalue weighted by molar-refractivity contribution is -0.121. The summed E-state index contributed by atoms with van der Waals surface area (Å²) in [6.07, 6.45) is 0.296. The standard InChI is InChI=1S/C22H29NO3/c1-15(17-8-10-18(11-9-17)22(2,3)4)23-21(24)14-16-7-12-19(25-5)20(13-16)26-6/h7-13,15H,14H2,1-6H3,(H,23,24)/t15-/m1/s1. The molecule has 0 unspecified atom stereocenters. The first kappa shape index (κ1) is 19.8. The Morgan fingerprint density at radius 2 is 1.62 bits per heavy atom. The van der Waals surface area contributed by atoms with Crippen molar-refractivity contribution in [2.75, 3.05) is 14.2 Å². The minimum Gasteiger partial charge on any atom is -0.493 e. The van der Waals surface area contributed by atoms with Gasteiger partial charge < -0.3 is 14.8 Å². The molecule has 0 radical (unpaired) electrons. The lowest BCUT2D eigenvalue weighted by Crippen LogP contribution is -2.28. The van der Waals surface area contributed by atoms with Crippen LogP contribution in [0.5, 0.6) is 11.5 Å². The molecule has 1 atom stereocenters. The SMILES string of the molecule is COc1ccc(CC(=O)N[C@H](C)c2ccc(C(C)(C)C)cc2)cc1OC.